The fourth-order valence-corrected chi connectivity index (χ4v) is 3.73. The summed E-state index contributed by atoms with van der Waals surface area (Å²) in [7, 11) is 3.94. The zero-order valence-corrected chi connectivity index (χ0v) is 9.20. The minimum atomic E-state index is -1.73. The van der Waals surface area contributed by atoms with Crippen LogP contribution in [0.15, 0.2) is 0 Å². The highest BCUT2D eigenvalue weighted by atomic mass is 32.4. The molecule has 1 rings (SSSR count). The Labute approximate surface area is 79.4 Å². The molecule has 0 radical (unpaired) electrons. The van der Waals surface area contributed by atoms with Crippen LogP contribution in [0.1, 0.15) is 12.8 Å². The minimum absolute atomic E-state index is 0.0491. The molecule has 68 valence electrons. The van der Waals surface area contributed by atoms with E-state index in [1.807, 2.05) is 18.8 Å². The average molecular weight is 203 g/mol. The van der Waals surface area contributed by atoms with Crippen LogP contribution in [0, 0.1) is 12.3 Å². The smallest absolute Gasteiger partial charge is 0.132 e. The summed E-state index contributed by atoms with van der Waals surface area (Å²) in [5.41, 5.74) is 0. The summed E-state index contributed by atoms with van der Waals surface area (Å²) >= 11 is 5.44. The van der Waals surface area contributed by atoms with Crippen molar-refractivity contribution in [1.82, 2.24) is 4.67 Å². The van der Waals surface area contributed by atoms with Crippen molar-refractivity contribution in [2.75, 3.05) is 20.3 Å². The SMILES string of the molecule is C#CC1CCCP(=S)(N(C)C)O1. The van der Waals surface area contributed by atoms with Crippen LogP contribution in [0.3, 0.4) is 0 Å². The van der Waals surface area contributed by atoms with Crippen molar-refractivity contribution in [2.45, 2.75) is 18.9 Å². The Hall–Kier alpha value is 0.130. The quantitative estimate of drug-likeness (QED) is 0.475. The molecule has 0 amide bonds. The summed E-state index contributed by atoms with van der Waals surface area (Å²) in [5.74, 6) is 2.63. The molecule has 0 spiro atoms. The van der Waals surface area contributed by atoms with Gasteiger partial charge in [0.15, 0.2) is 0 Å². The van der Waals surface area contributed by atoms with Crippen LogP contribution in [0.4, 0.5) is 0 Å². The molecule has 1 aliphatic rings. The molecular weight excluding hydrogens is 189 g/mol. The summed E-state index contributed by atoms with van der Waals surface area (Å²) < 4.78 is 7.72. The molecular formula is C8H14NOPS. The van der Waals surface area contributed by atoms with Crippen molar-refractivity contribution in [3.8, 4) is 12.3 Å². The molecule has 0 saturated carbocycles. The van der Waals surface area contributed by atoms with Gasteiger partial charge in [0.05, 0.1) is 0 Å². The van der Waals surface area contributed by atoms with Gasteiger partial charge >= 0.3 is 0 Å². The van der Waals surface area contributed by atoms with Gasteiger partial charge in [-0.15, -0.1) is 6.42 Å². The van der Waals surface area contributed by atoms with Crippen LogP contribution in [0.25, 0.3) is 0 Å². The molecule has 1 heterocycles. The number of hydrogen-bond acceptors (Lipinski definition) is 2. The summed E-state index contributed by atoms with van der Waals surface area (Å²) in [6.07, 6.45) is 6.58. The number of rotatable bonds is 1. The maximum Gasteiger partial charge on any atom is 0.132 e. The highest BCUT2D eigenvalue weighted by molar-refractivity contribution is 8.11. The fourth-order valence-electron chi connectivity index (χ4n) is 1.19. The number of hydrogen-bond donors (Lipinski definition) is 0. The van der Waals surface area contributed by atoms with E-state index in [0.717, 1.165) is 19.0 Å². The Morgan fingerprint density at radius 3 is 2.83 bits per heavy atom. The lowest BCUT2D eigenvalue weighted by Crippen LogP contribution is -2.23. The first-order chi connectivity index (χ1) is 5.58. The van der Waals surface area contributed by atoms with E-state index in [2.05, 4.69) is 5.92 Å². The molecule has 1 saturated heterocycles. The van der Waals surface area contributed by atoms with Gasteiger partial charge < -0.3 is 4.52 Å². The van der Waals surface area contributed by atoms with E-state index in [1.165, 1.54) is 0 Å². The molecule has 0 aromatic carbocycles. The molecule has 2 nitrogen and oxygen atoms in total. The fraction of sp³-hybridized carbons (Fsp3) is 0.750. The molecule has 2 atom stereocenters. The van der Waals surface area contributed by atoms with Gasteiger partial charge in [0.2, 0.25) is 0 Å². The van der Waals surface area contributed by atoms with E-state index < -0.39 is 6.42 Å². The second kappa shape index (κ2) is 3.89. The van der Waals surface area contributed by atoms with E-state index in [0.29, 0.717) is 0 Å². The standard InChI is InChI=1S/C8H14NOPS/c1-4-8-6-5-7-11(12,10-8)9(2)3/h1,8H,5-7H2,2-3H3. The summed E-state index contributed by atoms with van der Waals surface area (Å²) in [6, 6.07) is 0. The second-order valence-electron chi connectivity index (χ2n) is 3.11. The van der Waals surface area contributed by atoms with Gasteiger partial charge in [-0.1, -0.05) is 17.7 Å². The van der Waals surface area contributed by atoms with Crippen LogP contribution >= 0.6 is 6.42 Å². The summed E-state index contributed by atoms with van der Waals surface area (Å²) in [5, 5.41) is 0. The molecule has 0 aromatic rings. The van der Waals surface area contributed by atoms with Gasteiger partial charge in [-0.05, 0) is 26.9 Å². The van der Waals surface area contributed by atoms with Gasteiger partial charge in [-0.2, -0.15) is 0 Å². The lowest BCUT2D eigenvalue weighted by atomic mass is 10.2. The molecule has 4 heteroatoms. The zero-order chi connectivity index (χ0) is 9.19. The van der Waals surface area contributed by atoms with Crippen molar-refractivity contribution < 1.29 is 4.52 Å². The Kier molecular flexibility index (Phi) is 3.31. The van der Waals surface area contributed by atoms with E-state index in [-0.39, 0.29) is 6.10 Å². The first kappa shape index (κ1) is 10.2. The van der Waals surface area contributed by atoms with Crippen molar-refractivity contribution >= 4 is 18.2 Å². The molecule has 12 heavy (non-hydrogen) atoms. The lowest BCUT2D eigenvalue weighted by Gasteiger charge is -2.34. The molecule has 1 aliphatic heterocycles. The summed E-state index contributed by atoms with van der Waals surface area (Å²) in [4.78, 5) is 0. The third-order valence-electron chi connectivity index (χ3n) is 1.99. The molecule has 1 fully saturated rings. The largest absolute Gasteiger partial charge is 0.322 e. The highest BCUT2D eigenvalue weighted by Gasteiger charge is 2.28. The van der Waals surface area contributed by atoms with Crippen molar-refractivity contribution in [3.63, 3.8) is 0 Å². The highest BCUT2D eigenvalue weighted by Crippen LogP contribution is 2.53. The van der Waals surface area contributed by atoms with Crippen LogP contribution in [0.5, 0.6) is 0 Å². The van der Waals surface area contributed by atoms with Crippen LogP contribution in [-0.4, -0.2) is 31.0 Å². The minimum Gasteiger partial charge on any atom is -0.322 e. The van der Waals surface area contributed by atoms with E-state index in [4.69, 9.17) is 22.8 Å². The monoisotopic (exact) mass is 203 g/mol. The topological polar surface area (TPSA) is 12.5 Å². The van der Waals surface area contributed by atoms with Gasteiger partial charge in [0.25, 0.3) is 0 Å². The third kappa shape index (κ3) is 2.08. The molecule has 0 aliphatic carbocycles. The zero-order valence-electron chi connectivity index (χ0n) is 7.49. The number of nitrogens with zero attached hydrogens (tertiary/aromatic N) is 1. The molecule has 0 aromatic heterocycles. The van der Waals surface area contributed by atoms with E-state index in [1.54, 1.807) is 0 Å². The van der Waals surface area contributed by atoms with Gasteiger partial charge in [-0.25, -0.2) is 0 Å². The molecule has 0 bridgehead atoms. The Bertz CT molecular complexity index is 246. The van der Waals surface area contributed by atoms with Crippen LogP contribution in [0.2, 0.25) is 0 Å². The predicted molar refractivity (Wildman–Crippen MR) is 55.8 cm³/mol. The third-order valence-corrected chi connectivity index (χ3v) is 6.46. The maximum absolute atomic E-state index is 5.70. The molecule has 0 N–H and O–H groups in total. The maximum atomic E-state index is 5.70. The average Bonchev–Trinajstić information content (AvgIpc) is 2.04. The van der Waals surface area contributed by atoms with Crippen LogP contribution < -0.4 is 0 Å². The van der Waals surface area contributed by atoms with Gasteiger partial charge in [0, 0.05) is 6.16 Å². The van der Waals surface area contributed by atoms with E-state index in [9.17, 15) is 0 Å². The first-order valence-electron chi connectivity index (χ1n) is 4.00. The van der Waals surface area contributed by atoms with Gasteiger partial charge in [0.1, 0.15) is 12.5 Å². The Morgan fingerprint density at radius 2 is 2.33 bits per heavy atom. The Morgan fingerprint density at radius 1 is 1.67 bits per heavy atom. The van der Waals surface area contributed by atoms with Gasteiger partial charge in [-0.3, -0.25) is 4.67 Å². The van der Waals surface area contributed by atoms with Crippen molar-refractivity contribution in [1.29, 1.82) is 0 Å². The first-order valence-corrected chi connectivity index (χ1v) is 6.86. The normalized spacial score (nSPS) is 36.3. The number of terminal acetylenes is 1. The van der Waals surface area contributed by atoms with E-state index >= 15 is 0 Å². The van der Waals surface area contributed by atoms with Crippen molar-refractivity contribution in [3.05, 3.63) is 0 Å². The molecule has 2 unspecified atom stereocenters. The summed E-state index contributed by atoms with van der Waals surface area (Å²) in [6.45, 7) is 0. The van der Waals surface area contributed by atoms with Crippen LogP contribution in [-0.2, 0) is 16.3 Å². The second-order valence-corrected chi connectivity index (χ2v) is 7.56. The van der Waals surface area contributed by atoms with Crippen molar-refractivity contribution in [2.24, 2.45) is 0 Å². The predicted octanol–water partition coefficient (Wildman–Crippen LogP) is 1.67. The lowest BCUT2D eigenvalue weighted by molar-refractivity contribution is 0.237. The Balaban J connectivity index is 2.69.